The van der Waals surface area contributed by atoms with Gasteiger partial charge >= 0.3 is 0 Å². The zero-order valence-electron chi connectivity index (χ0n) is 14.2. The Kier molecular flexibility index (Phi) is 4.52. The molecule has 0 saturated carbocycles. The number of carbonyl (C=O) groups excluding carboxylic acids is 3. The number of fused-ring (bicyclic) bond motifs is 1. The van der Waals surface area contributed by atoms with Crippen molar-refractivity contribution in [3.63, 3.8) is 0 Å². The smallest absolute Gasteiger partial charge is 0.261 e. The largest absolute Gasteiger partial charge is 0.298 e. The molecule has 7 heteroatoms. The fourth-order valence-electron chi connectivity index (χ4n) is 2.98. The van der Waals surface area contributed by atoms with Crippen LogP contribution in [0.1, 0.15) is 36.6 Å². The van der Waals surface area contributed by atoms with Crippen LogP contribution in [0.4, 0.5) is 5.13 Å². The molecule has 2 aromatic carbocycles. The van der Waals surface area contributed by atoms with Gasteiger partial charge in [0.15, 0.2) is 5.13 Å². The first kappa shape index (κ1) is 17.1. The molecule has 3 aromatic rings. The molecule has 4 rings (SSSR count). The molecular formula is C20H15N3O3S. The number of benzene rings is 2. The first-order valence-electron chi connectivity index (χ1n) is 8.38. The molecule has 6 nitrogen and oxygen atoms in total. The fraction of sp³-hybridized carbons (Fsp3) is 0.100. The highest BCUT2D eigenvalue weighted by atomic mass is 32.1. The van der Waals surface area contributed by atoms with Crippen LogP contribution >= 0.6 is 11.3 Å². The second-order valence-corrected chi connectivity index (χ2v) is 6.94. The Morgan fingerprint density at radius 2 is 1.81 bits per heavy atom. The molecule has 0 aliphatic carbocycles. The van der Waals surface area contributed by atoms with Gasteiger partial charge in [-0.05, 0) is 30.2 Å². The van der Waals surface area contributed by atoms with Crippen LogP contribution < -0.4 is 5.32 Å². The number of carbonyl (C=O) groups is 3. The maximum Gasteiger partial charge on any atom is 0.261 e. The molecule has 1 aliphatic heterocycles. The molecule has 0 fully saturated rings. The quantitative estimate of drug-likeness (QED) is 0.693. The third-order valence-corrected chi connectivity index (χ3v) is 5.04. The minimum Gasteiger partial charge on any atom is -0.298 e. The van der Waals surface area contributed by atoms with Crippen LogP contribution in [0, 0.1) is 0 Å². The minimum atomic E-state index is -0.366. The van der Waals surface area contributed by atoms with Crippen molar-refractivity contribution in [2.45, 2.75) is 6.42 Å². The van der Waals surface area contributed by atoms with Crippen LogP contribution in [0.2, 0.25) is 0 Å². The second-order valence-electron chi connectivity index (χ2n) is 6.05. The first-order valence-corrected chi connectivity index (χ1v) is 9.26. The van der Waals surface area contributed by atoms with Crippen LogP contribution in [0.5, 0.6) is 0 Å². The van der Waals surface area contributed by atoms with Gasteiger partial charge in [-0.3, -0.25) is 24.6 Å². The van der Waals surface area contributed by atoms with Crippen LogP contribution in [-0.4, -0.2) is 34.2 Å². The first-order chi connectivity index (χ1) is 13.1. The van der Waals surface area contributed by atoms with Gasteiger partial charge < -0.3 is 0 Å². The average Bonchev–Trinajstić information content (AvgIpc) is 3.28. The lowest BCUT2D eigenvalue weighted by molar-refractivity contribution is 0.0656. The number of nitrogens with zero attached hydrogens (tertiary/aromatic N) is 2. The summed E-state index contributed by atoms with van der Waals surface area (Å²) < 4.78 is 0. The molecule has 134 valence electrons. The molecular weight excluding hydrogens is 362 g/mol. The van der Waals surface area contributed by atoms with Crippen molar-refractivity contribution in [1.29, 1.82) is 0 Å². The van der Waals surface area contributed by atoms with E-state index in [-0.39, 0.29) is 23.3 Å². The van der Waals surface area contributed by atoms with Crippen molar-refractivity contribution in [2.75, 3.05) is 11.9 Å². The summed E-state index contributed by atoms with van der Waals surface area (Å²) in [5.41, 5.74) is 1.96. The molecule has 1 N–H and O–H groups in total. The van der Waals surface area contributed by atoms with E-state index in [0.717, 1.165) is 5.56 Å². The van der Waals surface area contributed by atoms with Gasteiger partial charge in [0, 0.05) is 23.7 Å². The molecule has 3 amide bonds. The highest BCUT2D eigenvalue weighted by Crippen LogP contribution is 2.25. The Balaban J connectivity index is 1.51. The van der Waals surface area contributed by atoms with E-state index in [1.807, 2.05) is 30.3 Å². The van der Waals surface area contributed by atoms with E-state index in [0.29, 0.717) is 29.2 Å². The van der Waals surface area contributed by atoms with Crippen LogP contribution in [0.3, 0.4) is 0 Å². The Morgan fingerprint density at radius 3 is 2.56 bits per heavy atom. The number of hydrogen-bond acceptors (Lipinski definition) is 5. The Labute approximate surface area is 159 Å². The normalized spacial score (nSPS) is 13.0. The summed E-state index contributed by atoms with van der Waals surface area (Å²) in [6.45, 7) is 0.303. The molecule has 0 unspecified atom stereocenters. The number of hydrogen-bond donors (Lipinski definition) is 1. The van der Waals surface area contributed by atoms with Crippen molar-refractivity contribution in [3.05, 3.63) is 82.4 Å². The van der Waals surface area contributed by atoms with Gasteiger partial charge in [0.25, 0.3) is 17.7 Å². The predicted molar refractivity (Wildman–Crippen MR) is 102 cm³/mol. The summed E-state index contributed by atoms with van der Waals surface area (Å²) in [5, 5.41) is 4.91. The van der Waals surface area contributed by atoms with E-state index in [2.05, 4.69) is 10.3 Å². The van der Waals surface area contributed by atoms with E-state index in [1.165, 1.54) is 28.4 Å². The van der Waals surface area contributed by atoms with Gasteiger partial charge in [-0.1, -0.05) is 30.3 Å². The molecule has 0 radical (unpaired) electrons. The van der Waals surface area contributed by atoms with E-state index < -0.39 is 0 Å². The number of aromatic nitrogens is 1. The lowest BCUT2D eigenvalue weighted by Gasteiger charge is -2.13. The molecule has 0 saturated heterocycles. The Hall–Kier alpha value is -3.32. The zero-order valence-corrected chi connectivity index (χ0v) is 15.0. The van der Waals surface area contributed by atoms with Gasteiger partial charge in [-0.2, -0.15) is 0 Å². The van der Waals surface area contributed by atoms with Gasteiger partial charge in [-0.25, -0.2) is 4.98 Å². The van der Waals surface area contributed by atoms with Gasteiger partial charge in [-0.15, -0.1) is 11.3 Å². The van der Waals surface area contributed by atoms with Crippen molar-refractivity contribution >= 4 is 34.2 Å². The standard InChI is InChI=1S/C20H15N3O3S/c24-17(22-20-21-9-11-27-20)14-6-7-15-16(12-14)19(26)23(18(15)25)10-8-13-4-2-1-3-5-13/h1-7,9,11-12H,8,10H2,(H,21,22,24). The summed E-state index contributed by atoms with van der Waals surface area (Å²) in [7, 11) is 0. The SMILES string of the molecule is O=C(Nc1nccs1)c1ccc2c(c1)C(=O)N(CCc1ccccc1)C2=O. The Bertz CT molecular complexity index is 1020. The van der Waals surface area contributed by atoms with E-state index in [1.54, 1.807) is 17.6 Å². The van der Waals surface area contributed by atoms with Crippen LogP contribution in [-0.2, 0) is 6.42 Å². The third-order valence-electron chi connectivity index (χ3n) is 4.35. The number of nitrogens with one attached hydrogen (secondary N) is 1. The molecule has 0 spiro atoms. The van der Waals surface area contributed by atoms with Gasteiger partial charge in [0.1, 0.15) is 0 Å². The third kappa shape index (κ3) is 3.37. The lowest BCUT2D eigenvalue weighted by Crippen LogP contribution is -2.31. The summed E-state index contributed by atoms with van der Waals surface area (Å²) in [5.74, 6) is -1.05. The minimum absolute atomic E-state index is 0.264. The van der Waals surface area contributed by atoms with Gasteiger partial charge in [0.2, 0.25) is 0 Å². The molecule has 0 bridgehead atoms. The molecule has 1 aromatic heterocycles. The number of anilines is 1. The zero-order chi connectivity index (χ0) is 18.8. The van der Waals surface area contributed by atoms with E-state index >= 15 is 0 Å². The molecule has 27 heavy (non-hydrogen) atoms. The highest BCUT2D eigenvalue weighted by molar-refractivity contribution is 7.13. The second kappa shape index (κ2) is 7.13. The number of thiazole rings is 1. The summed E-state index contributed by atoms with van der Waals surface area (Å²) in [4.78, 5) is 42.8. The van der Waals surface area contributed by atoms with E-state index in [4.69, 9.17) is 0 Å². The molecule has 2 heterocycles. The Morgan fingerprint density at radius 1 is 1.04 bits per heavy atom. The highest BCUT2D eigenvalue weighted by Gasteiger charge is 2.35. The summed E-state index contributed by atoms with van der Waals surface area (Å²) in [6, 6.07) is 14.2. The topological polar surface area (TPSA) is 79.4 Å². The summed E-state index contributed by atoms with van der Waals surface area (Å²) >= 11 is 1.30. The molecule has 1 aliphatic rings. The monoisotopic (exact) mass is 377 g/mol. The lowest BCUT2D eigenvalue weighted by atomic mass is 10.1. The van der Waals surface area contributed by atoms with Crippen molar-refractivity contribution in [2.24, 2.45) is 0 Å². The summed E-state index contributed by atoms with van der Waals surface area (Å²) in [6.07, 6.45) is 2.18. The van der Waals surface area contributed by atoms with Crippen molar-refractivity contribution < 1.29 is 14.4 Å². The fourth-order valence-corrected chi connectivity index (χ4v) is 3.50. The number of amides is 3. The van der Waals surface area contributed by atoms with Crippen LogP contribution in [0.15, 0.2) is 60.1 Å². The van der Waals surface area contributed by atoms with Gasteiger partial charge in [0.05, 0.1) is 11.1 Å². The van der Waals surface area contributed by atoms with Crippen molar-refractivity contribution in [1.82, 2.24) is 9.88 Å². The molecule has 0 atom stereocenters. The van der Waals surface area contributed by atoms with Crippen molar-refractivity contribution in [3.8, 4) is 0 Å². The average molecular weight is 377 g/mol. The predicted octanol–water partition coefficient (Wildman–Crippen LogP) is 3.23. The number of imide groups is 1. The van der Waals surface area contributed by atoms with E-state index in [9.17, 15) is 14.4 Å². The number of rotatable bonds is 5. The maximum absolute atomic E-state index is 12.7. The maximum atomic E-state index is 12.7. The van der Waals surface area contributed by atoms with Crippen LogP contribution in [0.25, 0.3) is 0 Å².